The molecular weight excluding hydrogens is 286 g/mol. The zero-order valence-electron chi connectivity index (χ0n) is 14.1. The van der Waals surface area contributed by atoms with Crippen LogP contribution in [0.5, 0.6) is 0 Å². The zero-order valence-corrected chi connectivity index (χ0v) is 14.1. The van der Waals surface area contributed by atoms with Crippen molar-refractivity contribution < 1.29 is 4.42 Å². The summed E-state index contributed by atoms with van der Waals surface area (Å²) < 4.78 is 5.91. The number of hydrogen-bond acceptors (Lipinski definition) is 3. The highest BCUT2D eigenvalue weighted by atomic mass is 16.3. The van der Waals surface area contributed by atoms with Crippen LogP contribution in [0.3, 0.4) is 0 Å². The van der Waals surface area contributed by atoms with Crippen molar-refractivity contribution in [2.45, 2.75) is 39.5 Å². The van der Waals surface area contributed by atoms with Crippen molar-refractivity contribution >= 4 is 11.5 Å². The minimum Gasteiger partial charge on any atom is -0.453 e. The fourth-order valence-electron chi connectivity index (χ4n) is 2.46. The third-order valence-corrected chi connectivity index (χ3v) is 3.91. The number of nitrogen functional groups attached to an aromatic ring is 1. The van der Waals surface area contributed by atoms with Crippen molar-refractivity contribution in [3.8, 4) is 11.3 Å². The van der Waals surface area contributed by atoms with Crippen LogP contribution in [-0.2, 0) is 0 Å². The van der Waals surface area contributed by atoms with E-state index in [4.69, 9.17) is 15.6 Å². The molecule has 0 fully saturated rings. The van der Waals surface area contributed by atoms with E-state index < -0.39 is 0 Å². The summed E-state index contributed by atoms with van der Waals surface area (Å²) in [6.07, 6.45) is 4.45. The molecule has 0 saturated carbocycles. The Kier molecular flexibility index (Phi) is 6.27. The van der Waals surface area contributed by atoms with E-state index in [0.29, 0.717) is 11.6 Å². The van der Waals surface area contributed by atoms with Crippen molar-refractivity contribution in [2.75, 3.05) is 18.8 Å². The highest BCUT2D eigenvalue weighted by Crippen LogP contribution is 2.24. The third kappa shape index (κ3) is 4.62. The first-order valence-corrected chi connectivity index (χ1v) is 8.45. The topological polar surface area (TPSA) is 66.2 Å². The first-order chi connectivity index (χ1) is 11.2. The molecule has 1 aromatic carbocycles. The van der Waals surface area contributed by atoms with Crippen LogP contribution in [0.25, 0.3) is 11.3 Å². The molecule has 4 nitrogen and oxygen atoms in total. The summed E-state index contributed by atoms with van der Waals surface area (Å²) in [6, 6.07) is 11.4. The SMILES string of the molecule is CCCCN(CCCC)C(=N)c1ccc(-c2ccc(N)cc2)o1. The fraction of sp³-hybridized carbons (Fsp3) is 0.421. The van der Waals surface area contributed by atoms with Crippen LogP contribution >= 0.6 is 0 Å². The van der Waals surface area contributed by atoms with Crippen molar-refractivity contribution in [1.29, 1.82) is 5.41 Å². The van der Waals surface area contributed by atoms with Crippen LogP contribution in [0, 0.1) is 5.41 Å². The molecule has 0 atom stereocenters. The third-order valence-electron chi connectivity index (χ3n) is 3.91. The van der Waals surface area contributed by atoms with E-state index in [0.717, 1.165) is 55.8 Å². The summed E-state index contributed by atoms with van der Waals surface area (Å²) in [5, 5.41) is 8.47. The minimum atomic E-state index is 0.480. The standard InChI is InChI=1S/C19H27N3O/c1-3-5-13-22(14-6-4-2)19(21)18-12-11-17(23-18)15-7-9-16(20)10-8-15/h7-12,21H,3-6,13-14,20H2,1-2H3. The largest absolute Gasteiger partial charge is 0.453 e. The molecule has 1 heterocycles. The van der Waals surface area contributed by atoms with Crippen molar-refractivity contribution in [2.24, 2.45) is 0 Å². The minimum absolute atomic E-state index is 0.480. The van der Waals surface area contributed by atoms with Gasteiger partial charge in [0.25, 0.3) is 0 Å². The van der Waals surface area contributed by atoms with Crippen LogP contribution in [0.4, 0.5) is 5.69 Å². The van der Waals surface area contributed by atoms with Gasteiger partial charge in [0, 0.05) is 24.3 Å². The number of nitrogens with zero attached hydrogens (tertiary/aromatic N) is 1. The second-order valence-electron chi connectivity index (χ2n) is 5.83. The second kappa shape index (κ2) is 8.42. The average molecular weight is 313 g/mol. The molecular formula is C19H27N3O. The second-order valence-corrected chi connectivity index (χ2v) is 5.83. The van der Waals surface area contributed by atoms with Gasteiger partial charge in [0.2, 0.25) is 0 Å². The lowest BCUT2D eigenvalue weighted by Gasteiger charge is -2.23. The highest BCUT2D eigenvalue weighted by molar-refractivity contribution is 5.94. The first kappa shape index (κ1) is 17.1. The highest BCUT2D eigenvalue weighted by Gasteiger charge is 2.15. The lowest BCUT2D eigenvalue weighted by Crippen LogP contribution is -2.32. The van der Waals surface area contributed by atoms with Crippen molar-refractivity contribution in [3.63, 3.8) is 0 Å². The van der Waals surface area contributed by atoms with Crippen LogP contribution in [0.2, 0.25) is 0 Å². The van der Waals surface area contributed by atoms with E-state index >= 15 is 0 Å². The zero-order chi connectivity index (χ0) is 16.7. The lowest BCUT2D eigenvalue weighted by molar-refractivity contribution is 0.388. The Morgan fingerprint density at radius 3 is 2.17 bits per heavy atom. The molecule has 0 radical (unpaired) electrons. The summed E-state index contributed by atoms with van der Waals surface area (Å²) in [5.41, 5.74) is 7.43. The van der Waals surface area contributed by atoms with Crippen LogP contribution in [-0.4, -0.2) is 23.8 Å². The molecule has 2 rings (SSSR count). The maximum atomic E-state index is 8.47. The number of furan rings is 1. The number of nitrogens with one attached hydrogen (secondary N) is 1. The summed E-state index contributed by atoms with van der Waals surface area (Å²) in [7, 11) is 0. The van der Waals surface area contributed by atoms with Crippen LogP contribution in [0.15, 0.2) is 40.8 Å². The Bertz CT molecular complexity index is 608. The van der Waals surface area contributed by atoms with Gasteiger partial charge in [0.15, 0.2) is 11.6 Å². The van der Waals surface area contributed by atoms with Crippen molar-refractivity contribution in [1.82, 2.24) is 4.90 Å². The molecule has 1 aromatic heterocycles. The fourth-order valence-corrected chi connectivity index (χ4v) is 2.46. The van der Waals surface area contributed by atoms with E-state index in [2.05, 4.69) is 18.7 Å². The summed E-state index contributed by atoms with van der Waals surface area (Å²) in [5.74, 6) is 1.88. The number of rotatable bonds is 8. The Morgan fingerprint density at radius 1 is 1.00 bits per heavy atom. The van der Waals surface area contributed by atoms with E-state index in [1.165, 1.54) is 0 Å². The quantitative estimate of drug-likeness (QED) is 0.419. The molecule has 0 aliphatic carbocycles. The predicted molar refractivity (Wildman–Crippen MR) is 96.8 cm³/mol. The summed E-state index contributed by atoms with van der Waals surface area (Å²) >= 11 is 0. The number of hydrogen-bond donors (Lipinski definition) is 2. The van der Waals surface area contributed by atoms with Gasteiger partial charge in [-0.15, -0.1) is 0 Å². The smallest absolute Gasteiger partial charge is 0.169 e. The Labute approximate surface area is 138 Å². The number of nitrogens with two attached hydrogens (primary N) is 1. The van der Waals surface area contributed by atoms with Gasteiger partial charge in [-0.1, -0.05) is 26.7 Å². The van der Waals surface area contributed by atoms with Crippen molar-refractivity contribution in [3.05, 3.63) is 42.2 Å². The number of benzene rings is 1. The summed E-state index contributed by atoms with van der Waals surface area (Å²) in [4.78, 5) is 2.12. The molecule has 124 valence electrons. The first-order valence-electron chi connectivity index (χ1n) is 8.45. The van der Waals surface area contributed by atoms with Gasteiger partial charge in [0.1, 0.15) is 5.76 Å². The molecule has 23 heavy (non-hydrogen) atoms. The number of amidine groups is 1. The van der Waals surface area contributed by atoms with Gasteiger partial charge in [-0.2, -0.15) is 0 Å². The summed E-state index contributed by atoms with van der Waals surface area (Å²) in [6.45, 7) is 6.17. The normalized spacial score (nSPS) is 10.7. The van der Waals surface area contributed by atoms with E-state index in [1.54, 1.807) is 0 Å². The molecule has 0 saturated heterocycles. The maximum absolute atomic E-state index is 8.47. The molecule has 0 bridgehead atoms. The van der Waals surface area contributed by atoms with Gasteiger partial charge >= 0.3 is 0 Å². The molecule has 4 heteroatoms. The molecule has 0 aliphatic rings. The molecule has 0 spiro atoms. The number of unbranched alkanes of at least 4 members (excludes halogenated alkanes) is 2. The maximum Gasteiger partial charge on any atom is 0.169 e. The molecule has 0 unspecified atom stereocenters. The monoisotopic (exact) mass is 313 g/mol. The van der Waals surface area contributed by atoms with Gasteiger partial charge in [-0.25, -0.2) is 0 Å². The van der Waals surface area contributed by atoms with Crippen LogP contribution < -0.4 is 5.73 Å². The number of anilines is 1. The van der Waals surface area contributed by atoms with Gasteiger partial charge in [-0.05, 0) is 49.2 Å². The van der Waals surface area contributed by atoms with Gasteiger partial charge in [0.05, 0.1) is 0 Å². The van der Waals surface area contributed by atoms with E-state index in [9.17, 15) is 0 Å². The Balaban J connectivity index is 2.12. The van der Waals surface area contributed by atoms with Gasteiger partial charge < -0.3 is 15.1 Å². The Hall–Kier alpha value is -2.23. The van der Waals surface area contributed by atoms with Gasteiger partial charge in [-0.3, -0.25) is 5.41 Å². The van der Waals surface area contributed by atoms with E-state index in [-0.39, 0.29) is 0 Å². The molecule has 2 aromatic rings. The van der Waals surface area contributed by atoms with Crippen LogP contribution in [0.1, 0.15) is 45.3 Å². The lowest BCUT2D eigenvalue weighted by atomic mass is 10.1. The average Bonchev–Trinajstić information content (AvgIpc) is 3.05. The van der Waals surface area contributed by atoms with E-state index in [1.807, 2.05) is 36.4 Å². The molecule has 3 N–H and O–H groups in total. The predicted octanol–water partition coefficient (Wildman–Crippen LogP) is 4.76. The molecule has 0 aliphatic heterocycles. The Morgan fingerprint density at radius 2 is 1.61 bits per heavy atom. The molecule has 0 amide bonds.